The Balaban J connectivity index is 2.01. The Morgan fingerprint density at radius 1 is 1.39 bits per heavy atom. The second-order valence-corrected chi connectivity index (χ2v) is 4.77. The Bertz CT molecular complexity index is 443. The molecule has 1 N–H and O–H groups in total. The second kappa shape index (κ2) is 4.80. The van der Waals surface area contributed by atoms with Crippen LogP contribution >= 0.6 is 0 Å². The van der Waals surface area contributed by atoms with Crippen LogP contribution in [0.5, 0.6) is 0 Å². The molecule has 6 heteroatoms. The van der Waals surface area contributed by atoms with Gasteiger partial charge in [0.25, 0.3) is 5.91 Å². The first-order valence-corrected chi connectivity index (χ1v) is 6.16. The van der Waals surface area contributed by atoms with Crippen molar-refractivity contribution in [3.63, 3.8) is 0 Å². The summed E-state index contributed by atoms with van der Waals surface area (Å²) >= 11 is 0. The Morgan fingerprint density at radius 3 is 2.78 bits per heavy atom. The third-order valence-electron chi connectivity index (χ3n) is 3.24. The van der Waals surface area contributed by atoms with Gasteiger partial charge in [-0.05, 0) is 13.3 Å². The summed E-state index contributed by atoms with van der Waals surface area (Å²) < 4.78 is 1.84. The van der Waals surface area contributed by atoms with Crippen LogP contribution < -0.4 is 5.32 Å². The van der Waals surface area contributed by atoms with Gasteiger partial charge in [0.05, 0.1) is 6.33 Å². The quantitative estimate of drug-likeness (QED) is 0.792. The fourth-order valence-corrected chi connectivity index (χ4v) is 2.25. The number of hydrogen-bond donors (Lipinski definition) is 1. The van der Waals surface area contributed by atoms with Crippen LogP contribution in [-0.4, -0.2) is 38.5 Å². The summed E-state index contributed by atoms with van der Waals surface area (Å²) in [5, 5.41) is 2.77. The molecule has 1 aromatic heterocycles. The smallest absolute Gasteiger partial charge is 0.325 e. The highest BCUT2D eigenvalue weighted by atomic mass is 16.2. The number of imide groups is 1. The molecule has 1 fully saturated rings. The van der Waals surface area contributed by atoms with Gasteiger partial charge in [-0.3, -0.25) is 9.69 Å². The molecule has 0 aliphatic carbocycles. The van der Waals surface area contributed by atoms with E-state index in [0.29, 0.717) is 19.5 Å². The van der Waals surface area contributed by atoms with Crippen LogP contribution in [0.1, 0.15) is 26.7 Å². The van der Waals surface area contributed by atoms with E-state index in [9.17, 15) is 9.59 Å². The van der Waals surface area contributed by atoms with Crippen molar-refractivity contribution >= 4 is 11.9 Å². The Morgan fingerprint density at radius 2 is 2.17 bits per heavy atom. The van der Waals surface area contributed by atoms with Gasteiger partial charge in [-0.2, -0.15) is 0 Å². The molecule has 0 saturated carbocycles. The molecule has 1 aromatic rings. The molecule has 1 aliphatic rings. The maximum absolute atomic E-state index is 12.2. The minimum atomic E-state index is -0.735. The first-order chi connectivity index (χ1) is 8.57. The predicted molar refractivity (Wildman–Crippen MR) is 65.8 cm³/mol. The molecule has 1 saturated heterocycles. The standard InChI is InChI=1S/C12H18N4O2/c1-3-4-12(2)10(17)16(11(18)14-12)8-7-15-6-5-13-9-15/h5-6,9H,3-4,7-8H2,1-2H3,(H,14,18)/t12-/m0/s1. The fourth-order valence-electron chi connectivity index (χ4n) is 2.25. The highest BCUT2D eigenvalue weighted by Gasteiger charge is 2.46. The molecule has 1 atom stereocenters. The van der Waals surface area contributed by atoms with Crippen molar-refractivity contribution in [2.75, 3.05) is 6.54 Å². The van der Waals surface area contributed by atoms with Crippen LogP contribution in [-0.2, 0) is 11.3 Å². The minimum Gasteiger partial charge on any atom is -0.336 e. The summed E-state index contributed by atoms with van der Waals surface area (Å²) in [7, 11) is 0. The summed E-state index contributed by atoms with van der Waals surface area (Å²) in [6.45, 7) is 4.73. The molecule has 0 aromatic carbocycles. The van der Waals surface area contributed by atoms with E-state index in [4.69, 9.17) is 0 Å². The van der Waals surface area contributed by atoms with Gasteiger partial charge in [-0.25, -0.2) is 9.78 Å². The van der Waals surface area contributed by atoms with Crippen molar-refractivity contribution in [1.82, 2.24) is 19.8 Å². The molecule has 2 heterocycles. The number of imidazole rings is 1. The number of rotatable bonds is 5. The Kier molecular flexibility index (Phi) is 3.36. The summed E-state index contributed by atoms with van der Waals surface area (Å²) in [6.07, 6.45) is 6.68. The third kappa shape index (κ3) is 2.23. The van der Waals surface area contributed by atoms with Gasteiger partial charge in [-0.15, -0.1) is 0 Å². The normalized spacial score (nSPS) is 23.6. The first-order valence-electron chi connectivity index (χ1n) is 6.16. The van der Waals surface area contributed by atoms with E-state index in [2.05, 4.69) is 10.3 Å². The summed E-state index contributed by atoms with van der Waals surface area (Å²) in [6, 6.07) is -0.295. The van der Waals surface area contributed by atoms with Gasteiger partial charge in [0.2, 0.25) is 0 Å². The monoisotopic (exact) mass is 250 g/mol. The number of urea groups is 1. The fraction of sp³-hybridized carbons (Fsp3) is 0.583. The predicted octanol–water partition coefficient (Wildman–Crippen LogP) is 0.994. The number of amides is 3. The van der Waals surface area contributed by atoms with Crippen LogP contribution in [0.4, 0.5) is 4.79 Å². The number of nitrogens with one attached hydrogen (secondary N) is 1. The van der Waals surface area contributed by atoms with Gasteiger partial charge >= 0.3 is 6.03 Å². The van der Waals surface area contributed by atoms with E-state index < -0.39 is 5.54 Å². The molecule has 6 nitrogen and oxygen atoms in total. The number of nitrogens with zero attached hydrogens (tertiary/aromatic N) is 3. The van der Waals surface area contributed by atoms with Gasteiger partial charge in [0.15, 0.2) is 0 Å². The molecule has 0 radical (unpaired) electrons. The minimum absolute atomic E-state index is 0.130. The van der Waals surface area contributed by atoms with E-state index in [0.717, 1.165) is 6.42 Å². The van der Waals surface area contributed by atoms with Crippen LogP contribution in [0.25, 0.3) is 0 Å². The molecule has 0 spiro atoms. The van der Waals surface area contributed by atoms with E-state index in [1.807, 2.05) is 17.7 Å². The zero-order chi connectivity index (χ0) is 13.2. The lowest BCUT2D eigenvalue weighted by atomic mass is 9.96. The average Bonchev–Trinajstić information content (AvgIpc) is 2.88. The number of carbonyl (C=O) groups is 2. The summed E-state index contributed by atoms with van der Waals surface area (Å²) in [4.78, 5) is 29.2. The van der Waals surface area contributed by atoms with E-state index >= 15 is 0 Å². The van der Waals surface area contributed by atoms with E-state index in [1.165, 1.54) is 4.90 Å². The third-order valence-corrected chi connectivity index (χ3v) is 3.24. The highest BCUT2D eigenvalue weighted by molar-refractivity contribution is 6.06. The molecule has 3 amide bonds. The van der Waals surface area contributed by atoms with Crippen molar-refractivity contribution in [3.8, 4) is 0 Å². The highest BCUT2D eigenvalue weighted by Crippen LogP contribution is 2.22. The van der Waals surface area contributed by atoms with Crippen molar-refractivity contribution < 1.29 is 9.59 Å². The van der Waals surface area contributed by atoms with Crippen molar-refractivity contribution in [1.29, 1.82) is 0 Å². The Hall–Kier alpha value is -1.85. The lowest BCUT2D eigenvalue weighted by molar-refractivity contribution is -0.131. The van der Waals surface area contributed by atoms with Gasteiger partial charge in [0, 0.05) is 25.5 Å². The molecule has 0 bridgehead atoms. The lowest BCUT2D eigenvalue weighted by Gasteiger charge is -2.20. The van der Waals surface area contributed by atoms with Crippen LogP contribution in [0, 0.1) is 0 Å². The molecule has 98 valence electrons. The first kappa shape index (κ1) is 12.6. The molecule has 18 heavy (non-hydrogen) atoms. The SMILES string of the molecule is CCC[C@]1(C)NC(=O)N(CCn2ccnc2)C1=O. The van der Waals surface area contributed by atoms with Gasteiger partial charge < -0.3 is 9.88 Å². The van der Waals surface area contributed by atoms with Crippen molar-refractivity contribution in [2.45, 2.75) is 38.8 Å². The maximum Gasteiger partial charge on any atom is 0.325 e. The summed E-state index contributed by atoms with van der Waals surface area (Å²) in [5.74, 6) is -0.130. The molecular weight excluding hydrogens is 232 g/mol. The second-order valence-electron chi connectivity index (χ2n) is 4.77. The van der Waals surface area contributed by atoms with Crippen LogP contribution in [0.3, 0.4) is 0 Å². The van der Waals surface area contributed by atoms with Crippen molar-refractivity contribution in [2.24, 2.45) is 0 Å². The molecule has 1 aliphatic heterocycles. The zero-order valence-electron chi connectivity index (χ0n) is 10.7. The van der Waals surface area contributed by atoms with Crippen LogP contribution in [0.15, 0.2) is 18.7 Å². The van der Waals surface area contributed by atoms with Crippen LogP contribution in [0.2, 0.25) is 0 Å². The molecular formula is C12H18N4O2. The lowest BCUT2D eigenvalue weighted by Crippen LogP contribution is -2.43. The Labute approximate surface area is 106 Å². The van der Waals surface area contributed by atoms with Crippen molar-refractivity contribution in [3.05, 3.63) is 18.7 Å². The van der Waals surface area contributed by atoms with Gasteiger partial charge in [-0.1, -0.05) is 13.3 Å². The number of carbonyl (C=O) groups excluding carboxylic acids is 2. The summed E-state index contributed by atoms with van der Waals surface area (Å²) in [5.41, 5.74) is -0.735. The largest absolute Gasteiger partial charge is 0.336 e. The van der Waals surface area contributed by atoms with Gasteiger partial charge in [0.1, 0.15) is 5.54 Å². The number of aromatic nitrogens is 2. The van der Waals surface area contributed by atoms with E-state index in [1.54, 1.807) is 19.4 Å². The molecule has 2 rings (SSSR count). The van der Waals surface area contributed by atoms with E-state index in [-0.39, 0.29) is 11.9 Å². The topological polar surface area (TPSA) is 67.2 Å². The molecule has 0 unspecified atom stereocenters. The zero-order valence-corrected chi connectivity index (χ0v) is 10.7. The maximum atomic E-state index is 12.2. The number of hydrogen-bond acceptors (Lipinski definition) is 3. The average molecular weight is 250 g/mol.